The van der Waals surface area contributed by atoms with E-state index in [1.165, 1.54) is 11.3 Å². The van der Waals surface area contributed by atoms with E-state index >= 15 is 0 Å². The zero-order valence-electron chi connectivity index (χ0n) is 15.6. The molecule has 1 aromatic carbocycles. The number of hydrogen-bond acceptors (Lipinski definition) is 5. The van der Waals surface area contributed by atoms with E-state index in [-0.39, 0.29) is 11.8 Å². The second-order valence-electron chi connectivity index (χ2n) is 6.31. The third-order valence-corrected chi connectivity index (χ3v) is 6.35. The minimum Gasteiger partial charge on any atom is -0.338 e. The number of thiazole rings is 1. The number of thiophene rings is 1. The van der Waals surface area contributed by atoms with Crippen LogP contribution in [0.4, 0.5) is 0 Å². The Balaban J connectivity index is 1.42. The van der Waals surface area contributed by atoms with Crippen LogP contribution in [0.5, 0.6) is 0 Å². The van der Waals surface area contributed by atoms with E-state index in [4.69, 9.17) is 0 Å². The van der Waals surface area contributed by atoms with Crippen molar-refractivity contribution >= 4 is 34.5 Å². The number of nitrogens with one attached hydrogen (secondary N) is 2. The van der Waals surface area contributed by atoms with Crippen LogP contribution in [0.3, 0.4) is 0 Å². The van der Waals surface area contributed by atoms with Gasteiger partial charge in [-0.25, -0.2) is 4.98 Å². The topological polar surface area (TPSA) is 76.0 Å². The van der Waals surface area contributed by atoms with Crippen molar-refractivity contribution in [2.75, 3.05) is 0 Å². The van der Waals surface area contributed by atoms with Gasteiger partial charge in [-0.05, 0) is 30.5 Å². The molecule has 0 atom stereocenters. The van der Waals surface area contributed by atoms with Gasteiger partial charge in [-0.3, -0.25) is 20.4 Å². The number of aromatic nitrogens is 2. The molecule has 4 aromatic rings. The molecule has 3 aromatic heterocycles. The number of hydrazine groups is 1. The Kier molecular flexibility index (Phi) is 5.55. The summed E-state index contributed by atoms with van der Waals surface area (Å²) in [5, 5.41) is 2.77. The summed E-state index contributed by atoms with van der Waals surface area (Å²) < 4.78 is 1.85. The maximum atomic E-state index is 12.6. The van der Waals surface area contributed by atoms with Gasteiger partial charge >= 0.3 is 0 Å². The second-order valence-corrected chi connectivity index (χ2v) is 8.34. The minimum absolute atomic E-state index is 0.370. The summed E-state index contributed by atoms with van der Waals surface area (Å²) in [7, 11) is 0. The number of carbonyl (C=O) groups is 2. The third kappa shape index (κ3) is 4.28. The molecule has 29 heavy (non-hydrogen) atoms. The van der Waals surface area contributed by atoms with Crippen LogP contribution in [0, 0.1) is 6.92 Å². The molecule has 4 rings (SSSR count). The molecule has 0 spiro atoms. The first-order valence-electron chi connectivity index (χ1n) is 8.93. The first kappa shape index (κ1) is 19.1. The van der Waals surface area contributed by atoms with E-state index < -0.39 is 0 Å². The van der Waals surface area contributed by atoms with Crippen LogP contribution in [0.15, 0.2) is 66.2 Å². The Morgan fingerprint density at radius 1 is 1.00 bits per heavy atom. The highest BCUT2D eigenvalue weighted by Gasteiger charge is 2.18. The second kappa shape index (κ2) is 8.42. The van der Waals surface area contributed by atoms with Crippen LogP contribution in [0.25, 0.3) is 10.6 Å². The van der Waals surface area contributed by atoms with E-state index in [0.29, 0.717) is 22.8 Å². The third-order valence-electron chi connectivity index (χ3n) is 4.28. The van der Waals surface area contributed by atoms with Crippen molar-refractivity contribution in [1.82, 2.24) is 20.4 Å². The van der Waals surface area contributed by atoms with Crippen LogP contribution in [0.2, 0.25) is 0 Å². The molecule has 0 aliphatic heterocycles. The van der Waals surface area contributed by atoms with Crippen LogP contribution < -0.4 is 10.9 Å². The molecule has 0 aliphatic carbocycles. The standard InChI is InChI=1S/C21H18N4O2S2/c1-14-18(29-21(22-14)15-7-3-2-4-8-15)20(27)24-23-19(26)17-10-5-11-25(17)13-16-9-6-12-28-16/h2-12H,13H2,1H3,(H,23,26)(H,24,27). The molecule has 0 unspecified atom stereocenters. The fraction of sp³-hybridized carbons (Fsp3) is 0.0952. The molecular weight excluding hydrogens is 404 g/mol. The molecule has 3 heterocycles. The van der Waals surface area contributed by atoms with E-state index in [1.807, 2.05) is 64.7 Å². The number of aryl methyl sites for hydroxylation is 1. The van der Waals surface area contributed by atoms with Gasteiger partial charge in [0.1, 0.15) is 15.6 Å². The SMILES string of the molecule is Cc1nc(-c2ccccc2)sc1C(=O)NNC(=O)c1cccn1Cc1cccs1. The molecule has 0 fully saturated rings. The van der Waals surface area contributed by atoms with Crippen LogP contribution in [0.1, 0.15) is 30.7 Å². The first-order chi connectivity index (χ1) is 14.1. The lowest BCUT2D eigenvalue weighted by Crippen LogP contribution is -2.42. The summed E-state index contributed by atoms with van der Waals surface area (Å²) in [5.41, 5.74) is 7.06. The maximum Gasteiger partial charge on any atom is 0.286 e. The van der Waals surface area contributed by atoms with Gasteiger partial charge in [-0.1, -0.05) is 36.4 Å². The van der Waals surface area contributed by atoms with Gasteiger partial charge in [-0.15, -0.1) is 22.7 Å². The zero-order chi connectivity index (χ0) is 20.2. The first-order valence-corrected chi connectivity index (χ1v) is 10.6. The van der Waals surface area contributed by atoms with Gasteiger partial charge in [0, 0.05) is 16.6 Å². The average Bonchev–Trinajstić information content (AvgIpc) is 3.48. The Bertz CT molecular complexity index is 1130. The fourth-order valence-electron chi connectivity index (χ4n) is 2.87. The monoisotopic (exact) mass is 422 g/mol. The zero-order valence-corrected chi connectivity index (χ0v) is 17.2. The summed E-state index contributed by atoms with van der Waals surface area (Å²) in [4.78, 5) is 31.2. The number of benzene rings is 1. The van der Waals surface area contributed by atoms with E-state index in [2.05, 4.69) is 15.8 Å². The predicted octanol–water partition coefficient (Wildman–Crippen LogP) is 4.10. The van der Waals surface area contributed by atoms with Gasteiger partial charge in [-0.2, -0.15) is 0 Å². The molecule has 2 N–H and O–H groups in total. The number of amides is 2. The Hall–Kier alpha value is -3.23. The maximum absolute atomic E-state index is 12.6. The fourth-order valence-corrected chi connectivity index (χ4v) is 4.54. The highest BCUT2D eigenvalue weighted by molar-refractivity contribution is 7.17. The Morgan fingerprint density at radius 2 is 1.79 bits per heavy atom. The number of hydrogen-bond donors (Lipinski definition) is 2. The quantitative estimate of drug-likeness (QED) is 0.475. The molecule has 2 amide bonds. The molecule has 0 radical (unpaired) electrons. The van der Waals surface area contributed by atoms with Gasteiger partial charge in [0.05, 0.1) is 12.2 Å². The van der Waals surface area contributed by atoms with E-state index in [9.17, 15) is 9.59 Å². The molecule has 146 valence electrons. The van der Waals surface area contributed by atoms with Crippen molar-refractivity contribution in [3.05, 3.63) is 87.3 Å². The normalized spacial score (nSPS) is 10.7. The molecular formula is C21H18N4O2S2. The smallest absolute Gasteiger partial charge is 0.286 e. The average molecular weight is 423 g/mol. The van der Waals surface area contributed by atoms with Crippen molar-refractivity contribution in [3.63, 3.8) is 0 Å². The van der Waals surface area contributed by atoms with Gasteiger partial charge in [0.15, 0.2) is 0 Å². The molecule has 0 saturated carbocycles. The van der Waals surface area contributed by atoms with E-state index in [0.717, 1.165) is 15.4 Å². The number of carbonyl (C=O) groups excluding carboxylic acids is 2. The van der Waals surface area contributed by atoms with Gasteiger partial charge < -0.3 is 4.57 Å². The van der Waals surface area contributed by atoms with Crippen LogP contribution in [-0.4, -0.2) is 21.4 Å². The summed E-state index contributed by atoms with van der Waals surface area (Å²) >= 11 is 2.93. The molecule has 6 nitrogen and oxygen atoms in total. The molecule has 8 heteroatoms. The highest BCUT2D eigenvalue weighted by Crippen LogP contribution is 2.27. The lowest BCUT2D eigenvalue weighted by atomic mass is 10.2. The van der Waals surface area contributed by atoms with Crippen molar-refractivity contribution in [3.8, 4) is 10.6 Å². The van der Waals surface area contributed by atoms with Crippen molar-refractivity contribution in [2.45, 2.75) is 13.5 Å². The summed E-state index contributed by atoms with van der Waals surface area (Å²) in [6.07, 6.45) is 1.84. The van der Waals surface area contributed by atoms with Gasteiger partial charge in [0.25, 0.3) is 11.8 Å². The summed E-state index contributed by atoms with van der Waals surface area (Å²) in [6, 6.07) is 17.2. The molecule has 0 bridgehead atoms. The molecule has 0 saturated heterocycles. The number of rotatable bonds is 5. The van der Waals surface area contributed by atoms with Crippen molar-refractivity contribution in [2.24, 2.45) is 0 Å². The summed E-state index contributed by atoms with van der Waals surface area (Å²) in [6.45, 7) is 2.39. The van der Waals surface area contributed by atoms with Crippen molar-refractivity contribution in [1.29, 1.82) is 0 Å². The minimum atomic E-state index is -0.383. The number of nitrogens with zero attached hydrogens (tertiary/aromatic N) is 2. The van der Waals surface area contributed by atoms with Crippen molar-refractivity contribution < 1.29 is 9.59 Å². The van der Waals surface area contributed by atoms with E-state index in [1.54, 1.807) is 24.3 Å². The predicted molar refractivity (Wildman–Crippen MR) is 115 cm³/mol. The Morgan fingerprint density at radius 3 is 2.55 bits per heavy atom. The van der Waals surface area contributed by atoms with Gasteiger partial charge in [0.2, 0.25) is 0 Å². The Labute approximate surface area is 175 Å². The highest BCUT2D eigenvalue weighted by atomic mass is 32.1. The lowest BCUT2D eigenvalue weighted by Gasteiger charge is -2.09. The largest absolute Gasteiger partial charge is 0.338 e. The summed E-state index contributed by atoms with van der Waals surface area (Å²) in [5.74, 6) is -0.753. The lowest BCUT2D eigenvalue weighted by molar-refractivity contribution is 0.0843. The molecule has 0 aliphatic rings. The van der Waals surface area contributed by atoms with Crippen LogP contribution in [-0.2, 0) is 6.54 Å². The van der Waals surface area contributed by atoms with Crippen LogP contribution >= 0.6 is 22.7 Å².